The standard InChI is InChI=1S/C71H76N10O9S/c1-77(2)52-17-20-56-63(39-52)89-64-40-53(78(3)4)18-21-57(64)71(56)55-19-16-46(37-54(55)69(85)90-71)38-65(82)73-29-32-86-33-34-87-44-66(83)74-41-47-10-9-11-51(36-47)67-75-59-13-6-8-15-61(59)81(67)62(49-22-27-72-28-23-49)43-88-68(84)50-24-30-79(31-25-50)70-76-58-12-5-7-14-60(58)80(70)42-48-26-35-91-45-48/h5-21,26,35-37,39-40,45,49-50,62,72H,22-25,27-34,38,41-44H2,1-4H3,(H,73,82)(H,74,83). The molecule has 1 unspecified atom stereocenters. The van der Waals surface area contributed by atoms with Crippen molar-refractivity contribution in [3.8, 4) is 22.9 Å². The van der Waals surface area contributed by atoms with Crippen LogP contribution >= 0.6 is 11.3 Å². The molecule has 0 saturated carbocycles. The number of amides is 2. The first-order chi connectivity index (χ1) is 44.4. The third kappa shape index (κ3) is 12.7. The fraction of sp³-hybridized carbons (Fsp3) is 0.352. The molecule has 3 N–H and O–H groups in total. The minimum Gasteiger partial charge on any atom is -0.463 e. The van der Waals surface area contributed by atoms with Crippen LogP contribution in [0.2, 0.25) is 0 Å². The van der Waals surface area contributed by atoms with Gasteiger partial charge in [0.15, 0.2) is 5.60 Å². The molecule has 6 aromatic carbocycles. The first kappa shape index (κ1) is 60.8. The van der Waals surface area contributed by atoms with E-state index in [1.165, 1.54) is 5.56 Å². The number of carbonyl (C=O) groups excluding carboxylic acids is 4. The van der Waals surface area contributed by atoms with Crippen LogP contribution in [-0.4, -0.2) is 137 Å². The number of hydrogen-bond acceptors (Lipinski definition) is 16. The number of anilines is 3. The second-order valence-corrected chi connectivity index (χ2v) is 25.1. The third-order valence-corrected chi connectivity index (χ3v) is 18.7. The number of nitrogens with zero attached hydrogens (tertiary/aromatic N) is 7. The van der Waals surface area contributed by atoms with Gasteiger partial charge in [0, 0.05) is 100 Å². The lowest BCUT2D eigenvalue weighted by Crippen LogP contribution is -2.39. The minimum absolute atomic E-state index is 0.0515. The Labute approximate surface area is 533 Å². The van der Waals surface area contributed by atoms with Crippen LogP contribution in [0.25, 0.3) is 33.5 Å². The van der Waals surface area contributed by atoms with Crippen molar-refractivity contribution in [2.24, 2.45) is 11.8 Å². The maximum absolute atomic E-state index is 14.2. The third-order valence-electron chi connectivity index (χ3n) is 18.0. The summed E-state index contributed by atoms with van der Waals surface area (Å²) >= 11 is 1.70. The summed E-state index contributed by atoms with van der Waals surface area (Å²) in [5.41, 5.74) is 10.8. The topological polar surface area (TPSA) is 196 Å². The van der Waals surface area contributed by atoms with Gasteiger partial charge < -0.3 is 63.5 Å². The van der Waals surface area contributed by atoms with Gasteiger partial charge in [-0.3, -0.25) is 14.4 Å². The molecular weight excluding hydrogens is 1170 g/mol. The number of ether oxygens (including phenoxy) is 5. The zero-order valence-electron chi connectivity index (χ0n) is 51.8. The van der Waals surface area contributed by atoms with Crippen LogP contribution < -0.4 is 35.4 Å². The molecule has 2 fully saturated rings. The van der Waals surface area contributed by atoms with Crippen LogP contribution in [0, 0.1) is 11.8 Å². The van der Waals surface area contributed by atoms with E-state index in [1.54, 1.807) is 17.4 Å². The van der Waals surface area contributed by atoms with Crippen molar-refractivity contribution in [3.05, 3.63) is 183 Å². The molecule has 0 bridgehead atoms. The Balaban J connectivity index is 0.578. The van der Waals surface area contributed by atoms with Gasteiger partial charge in [0.25, 0.3) is 0 Å². The van der Waals surface area contributed by atoms with E-state index in [-0.39, 0.29) is 88.2 Å². The number of imidazole rings is 2. The number of nitrogens with one attached hydrogen (secondary N) is 3. The zero-order valence-corrected chi connectivity index (χ0v) is 52.6. The van der Waals surface area contributed by atoms with E-state index >= 15 is 0 Å². The van der Waals surface area contributed by atoms with Gasteiger partial charge in [-0.1, -0.05) is 54.6 Å². The molecule has 2 saturated heterocycles. The Morgan fingerprint density at radius 1 is 0.714 bits per heavy atom. The van der Waals surface area contributed by atoms with Crippen LogP contribution in [0.1, 0.15) is 75.5 Å². The van der Waals surface area contributed by atoms with E-state index in [9.17, 15) is 19.2 Å². The second kappa shape index (κ2) is 26.8. The average Bonchev–Trinajstić information content (AvgIpc) is 1.72. The number of thiophene rings is 1. The molecule has 0 aliphatic carbocycles. The SMILES string of the molecule is CN(C)c1ccc2c(c1)Oc1cc(N(C)C)ccc1C21OC(=O)c2cc(CC(=O)NCCOCCOCC(=O)NCc3cccc(-c4nc5ccccc5n4C(COC(=O)C4CCN(c5nc6ccccc6n5Cc5ccsc5)CC4)C4CCNCC4)c3)ccc21. The van der Waals surface area contributed by atoms with Crippen LogP contribution in [0.15, 0.2) is 144 Å². The molecule has 4 aliphatic rings. The van der Waals surface area contributed by atoms with Crippen molar-refractivity contribution in [2.75, 3.05) is 109 Å². The second-order valence-electron chi connectivity index (χ2n) is 24.3. The Bertz CT molecular complexity index is 4070. The van der Waals surface area contributed by atoms with Gasteiger partial charge in [0.05, 0.1) is 72.4 Å². The van der Waals surface area contributed by atoms with Gasteiger partial charge >= 0.3 is 11.9 Å². The fourth-order valence-electron chi connectivity index (χ4n) is 13.2. The number of hydrogen-bond donors (Lipinski definition) is 3. The predicted octanol–water partition coefficient (Wildman–Crippen LogP) is 9.87. The predicted molar refractivity (Wildman–Crippen MR) is 352 cm³/mol. The van der Waals surface area contributed by atoms with Gasteiger partial charge in [-0.05, 0) is 139 Å². The van der Waals surface area contributed by atoms with E-state index in [0.29, 0.717) is 54.1 Å². The quantitative estimate of drug-likeness (QED) is 0.0404. The van der Waals surface area contributed by atoms with E-state index in [1.807, 2.05) is 129 Å². The van der Waals surface area contributed by atoms with Crippen molar-refractivity contribution in [1.82, 2.24) is 35.1 Å². The molecule has 3 aromatic heterocycles. The van der Waals surface area contributed by atoms with Gasteiger partial charge in [0.1, 0.15) is 30.5 Å². The molecule has 2 amide bonds. The first-order valence-electron chi connectivity index (χ1n) is 31.4. The summed E-state index contributed by atoms with van der Waals surface area (Å²) in [5, 5.41) is 13.7. The van der Waals surface area contributed by atoms with Crippen molar-refractivity contribution < 1.29 is 42.9 Å². The van der Waals surface area contributed by atoms with E-state index in [2.05, 4.69) is 77.1 Å². The Morgan fingerprint density at radius 2 is 1.42 bits per heavy atom. The number of benzene rings is 6. The Kier molecular flexibility index (Phi) is 17.9. The first-order valence-corrected chi connectivity index (χ1v) is 32.3. The monoisotopic (exact) mass is 1240 g/mol. The smallest absolute Gasteiger partial charge is 0.340 e. The summed E-state index contributed by atoms with van der Waals surface area (Å²) in [7, 11) is 7.85. The molecular formula is C71H76N10O9S. The maximum atomic E-state index is 14.2. The van der Waals surface area contributed by atoms with Gasteiger partial charge in [0.2, 0.25) is 17.8 Å². The van der Waals surface area contributed by atoms with Crippen LogP contribution in [0.3, 0.4) is 0 Å². The van der Waals surface area contributed by atoms with Gasteiger partial charge in [-0.25, -0.2) is 14.8 Å². The molecule has 19 nitrogen and oxygen atoms in total. The molecule has 13 rings (SSSR count). The summed E-state index contributed by atoms with van der Waals surface area (Å²) in [6.07, 6.45) is 3.27. The summed E-state index contributed by atoms with van der Waals surface area (Å²) in [4.78, 5) is 70.9. The lowest BCUT2D eigenvalue weighted by atomic mass is 9.77. The highest BCUT2D eigenvalue weighted by molar-refractivity contribution is 7.07. The van der Waals surface area contributed by atoms with Crippen molar-refractivity contribution in [3.63, 3.8) is 0 Å². The lowest BCUT2D eigenvalue weighted by Gasteiger charge is -2.37. The highest BCUT2D eigenvalue weighted by Crippen LogP contribution is 2.57. The molecule has 20 heteroatoms. The zero-order chi connectivity index (χ0) is 62.6. The Hall–Kier alpha value is -9.08. The summed E-state index contributed by atoms with van der Waals surface area (Å²) in [6.45, 7) is 5.17. The lowest BCUT2D eigenvalue weighted by molar-refractivity contribution is -0.151. The van der Waals surface area contributed by atoms with Crippen LogP contribution in [-0.2, 0) is 58.4 Å². The van der Waals surface area contributed by atoms with Crippen LogP contribution in [0.4, 0.5) is 17.3 Å². The number of esters is 2. The minimum atomic E-state index is -1.23. The summed E-state index contributed by atoms with van der Waals surface area (Å²) in [6, 6.07) is 43.8. The van der Waals surface area contributed by atoms with Crippen molar-refractivity contribution >= 4 is 74.5 Å². The fourth-order valence-corrected chi connectivity index (χ4v) is 13.9. The highest BCUT2D eigenvalue weighted by atomic mass is 32.1. The highest BCUT2D eigenvalue weighted by Gasteiger charge is 2.54. The van der Waals surface area contributed by atoms with E-state index in [4.69, 9.17) is 33.7 Å². The van der Waals surface area contributed by atoms with Crippen molar-refractivity contribution in [1.29, 1.82) is 0 Å². The summed E-state index contributed by atoms with van der Waals surface area (Å²) in [5.74, 6) is 1.80. The van der Waals surface area contributed by atoms with Gasteiger partial charge in [-0.2, -0.15) is 11.3 Å². The average molecular weight is 1250 g/mol. The number of carbonyl (C=O) groups is 4. The molecule has 9 aromatic rings. The van der Waals surface area contributed by atoms with Gasteiger partial charge in [-0.15, -0.1) is 0 Å². The molecule has 7 heterocycles. The number of aromatic nitrogens is 4. The number of rotatable bonds is 23. The Morgan fingerprint density at radius 3 is 2.14 bits per heavy atom. The number of para-hydroxylation sites is 4. The molecule has 1 atom stereocenters. The molecule has 91 heavy (non-hydrogen) atoms. The molecule has 1 spiro atoms. The molecule has 4 aliphatic heterocycles. The van der Waals surface area contributed by atoms with E-state index < -0.39 is 11.6 Å². The van der Waals surface area contributed by atoms with Crippen LogP contribution in [0.5, 0.6) is 11.5 Å². The van der Waals surface area contributed by atoms with E-state index in [0.717, 1.165) is 99.9 Å². The normalized spacial score (nSPS) is 15.6. The maximum Gasteiger partial charge on any atom is 0.340 e. The molecule has 0 radical (unpaired) electrons. The number of fused-ring (bicyclic) bond motifs is 8. The summed E-state index contributed by atoms with van der Waals surface area (Å²) < 4.78 is 35.4. The number of piperidine rings is 2. The molecule has 470 valence electrons. The van der Waals surface area contributed by atoms with Crippen molar-refractivity contribution in [2.45, 2.75) is 56.8 Å². The largest absolute Gasteiger partial charge is 0.463 e.